The van der Waals surface area contributed by atoms with Crippen LogP contribution in [0.4, 0.5) is 27.5 Å². The van der Waals surface area contributed by atoms with Crippen molar-refractivity contribution in [3.05, 3.63) is 70.6 Å². The third kappa shape index (κ3) is 3.35. The Morgan fingerprint density at radius 2 is 1.96 bits per heavy atom. The first kappa shape index (κ1) is 16.8. The summed E-state index contributed by atoms with van der Waals surface area (Å²) in [5, 5.41) is 3.26. The number of aryl methyl sites for hydroxylation is 2. The van der Waals surface area contributed by atoms with Gasteiger partial charge in [-0.1, -0.05) is 29.8 Å². The molecule has 2 heterocycles. The molecule has 0 aliphatic carbocycles. The lowest BCUT2D eigenvalue weighted by molar-refractivity contribution is 0.628. The van der Waals surface area contributed by atoms with E-state index in [0.29, 0.717) is 17.5 Å². The van der Waals surface area contributed by atoms with Gasteiger partial charge in [0.15, 0.2) is 0 Å². The van der Waals surface area contributed by atoms with E-state index < -0.39 is 5.82 Å². The van der Waals surface area contributed by atoms with Crippen molar-refractivity contribution in [1.29, 1.82) is 0 Å². The quantitative estimate of drug-likeness (QED) is 0.671. The highest BCUT2D eigenvalue weighted by atomic mass is 35.5. The Kier molecular flexibility index (Phi) is 4.47. The van der Waals surface area contributed by atoms with Gasteiger partial charge in [0, 0.05) is 29.7 Å². The second-order valence-electron chi connectivity index (χ2n) is 6.33. The number of para-hydroxylation sites is 1. The number of rotatable bonds is 3. The topological polar surface area (TPSA) is 41.1 Å². The van der Waals surface area contributed by atoms with Gasteiger partial charge in [0.1, 0.15) is 11.6 Å². The van der Waals surface area contributed by atoms with E-state index in [4.69, 9.17) is 11.6 Å². The number of halogens is 2. The predicted molar refractivity (Wildman–Crippen MR) is 103 cm³/mol. The summed E-state index contributed by atoms with van der Waals surface area (Å²) in [6.07, 6.45) is 2.13. The molecule has 26 heavy (non-hydrogen) atoms. The smallest absolute Gasteiger partial charge is 0.232 e. The summed E-state index contributed by atoms with van der Waals surface area (Å²) in [5.41, 5.74) is 4.00. The fourth-order valence-corrected chi connectivity index (χ4v) is 3.38. The molecule has 0 atom stereocenters. The molecule has 1 aliphatic heterocycles. The van der Waals surface area contributed by atoms with Crippen molar-refractivity contribution < 1.29 is 4.39 Å². The van der Waals surface area contributed by atoms with Crippen molar-refractivity contribution in [2.75, 3.05) is 16.8 Å². The van der Waals surface area contributed by atoms with Gasteiger partial charge in [0.2, 0.25) is 5.95 Å². The maximum atomic E-state index is 13.4. The summed E-state index contributed by atoms with van der Waals surface area (Å²) in [6, 6.07) is 14.7. The Hall–Kier alpha value is -2.66. The molecule has 6 heteroatoms. The molecule has 3 aromatic rings. The Bertz CT molecular complexity index is 960. The minimum absolute atomic E-state index is 0.0750. The summed E-state index contributed by atoms with van der Waals surface area (Å²) in [5.74, 6) is 0.868. The molecular formula is C20H18ClFN4. The van der Waals surface area contributed by atoms with E-state index in [-0.39, 0.29) is 5.02 Å². The van der Waals surface area contributed by atoms with Crippen LogP contribution in [-0.2, 0) is 6.42 Å². The third-order valence-corrected chi connectivity index (χ3v) is 4.68. The number of anilines is 4. The van der Waals surface area contributed by atoms with Crippen molar-refractivity contribution in [2.45, 2.75) is 19.8 Å². The van der Waals surface area contributed by atoms with Gasteiger partial charge in [0.25, 0.3) is 0 Å². The summed E-state index contributed by atoms with van der Waals surface area (Å²) in [6.45, 7) is 2.81. The predicted octanol–water partition coefficient (Wildman–Crippen LogP) is 5.41. The van der Waals surface area contributed by atoms with Crippen LogP contribution in [0.1, 0.15) is 17.7 Å². The largest absolute Gasteiger partial charge is 0.340 e. The number of hydrogen-bond donors (Lipinski definition) is 1. The highest BCUT2D eigenvalue weighted by Gasteiger charge is 2.20. The minimum Gasteiger partial charge on any atom is -0.340 e. The first-order chi connectivity index (χ1) is 12.6. The molecular weight excluding hydrogens is 351 g/mol. The monoisotopic (exact) mass is 368 g/mol. The maximum Gasteiger partial charge on any atom is 0.232 e. The lowest BCUT2D eigenvalue weighted by Gasteiger charge is -2.29. The third-order valence-electron chi connectivity index (χ3n) is 4.39. The summed E-state index contributed by atoms with van der Waals surface area (Å²) in [7, 11) is 0. The standard InChI is InChI=1S/C20H18ClFN4/c1-13-11-19(24-15-8-9-17(22)16(21)12-15)25-20(23-13)26-10-4-6-14-5-2-3-7-18(14)26/h2-3,5,7-9,11-12H,4,6,10H2,1H3,(H,23,24,25). The van der Waals surface area contributed by atoms with Gasteiger partial charge in [-0.15, -0.1) is 0 Å². The number of fused-ring (bicyclic) bond motifs is 1. The van der Waals surface area contributed by atoms with Gasteiger partial charge in [-0.25, -0.2) is 9.37 Å². The fraction of sp³-hybridized carbons (Fsp3) is 0.200. The van der Waals surface area contributed by atoms with Crippen LogP contribution in [0.5, 0.6) is 0 Å². The average molecular weight is 369 g/mol. The van der Waals surface area contributed by atoms with Crippen LogP contribution in [0.25, 0.3) is 0 Å². The Labute approximate surface area is 156 Å². The second-order valence-corrected chi connectivity index (χ2v) is 6.74. The Morgan fingerprint density at radius 3 is 2.81 bits per heavy atom. The van der Waals surface area contributed by atoms with Gasteiger partial charge in [-0.2, -0.15) is 4.98 Å². The lowest BCUT2D eigenvalue weighted by atomic mass is 10.0. The fourth-order valence-electron chi connectivity index (χ4n) is 3.20. The number of aromatic nitrogens is 2. The number of benzene rings is 2. The van der Waals surface area contributed by atoms with Crippen LogP contribution >= 0.6 is 11.6 Å². The van der Waals surface area contributed by atoms with Crippen LogP contribution < -0.4 is 10.2 Å². The molecule has 4 nitrogen and oxygen atoms in total. The molecule has 0 spiro atoms. The molecule has 0 saturated carbocycles. The van der Waals surface area contributed by atoms with Crippen LogP contribution in [0.15, 0.2) is 48.5 Å². The zero-order chi connectivity index (χ0) is 18.1. The minimum atomic E-state index is -0.443. The van der Waals surface area contributed by atoms with Crippen LogP contribution in [0.2, 0.25) is 5.02 Å². The van der Waals surface area contributed by atoms with E-state index in [0.717, 1.165) is 30.8 Å². The first-order valence-electron chi connectivity index (χ1n) is 8.53. The first-order valence-corrected chi connectivity index (χ1v) is 8.91. The lowest BCUT2D eigenvalue weighted by Crippen LogP contribution is -2.26. The summed E-state index contributed by atoms with van der Waals surface area (Å²) >= 11 is 5.86. The van der Waals surface area contributed by atoms with Crippen molar-refractivity contribution in [1.82, 2.24) is 9.97 Å². The normalized spacial score (nSPS) is 13.4. The molecule has 0 fully saturated rings. The molecule has 0 bridgehead atoms. The van der Waals surface area contributed by atoms with E-state index in [1.165, 1.54) is 11.6 Å². The van der Waals surface area contributed by atoms with Crippen molar-refractivity contribution in [2.24, 2.45) is 0 Å². The highest BCUT2D eigenvalue weighted by Crippen LogP contribution is 2.32. The Morgan fingerprint density at radius 1 is 1.12 bits per heavy atom. The molecule has 132 valence electrons. The molecule has 1 aromatic heterocycles. The molecule has 1 aliphatic rings. The Balaban J connectivity index is 1.68. The second kappa shape index (κ2) is 6.92. The van der Waals surface area contributed by atoms with E-state index in [1.807, 2.05) is 19.1 Å². The van der Waals surface area contributed by atoms with Gasteiger partial charge in [-0.3, -0.25) is 0 Å². The van der Waals surface area contributed by atoms with Gasteiger partial charge in [0.05, 0.1) is 5.02 Å². The SMILES string of the molecule is Cc1cc(Nc2ccc(F)c(Cl)c2)nc(N2CCCc3ccccc32)n1. The summed E-state index contributed by atoms with van der Waals surface area (Å²) in [4.78, 5) is 11.4. The van der Waals surface area contributed by atoms with Crippen LogP contribution in [0.3, 0.4) is 0 Å². The molecule has 0 saturated heterocycles. The highest BCUT2D eigenvalue weighted by molar-refractivity contribution is 6.31. The number of hydrogen-bond acceptors (Lipinski definition) is 4. The zero-order valence-corrected chi connectivity index (χ0v) is 15.1. The number of nitrogens with zero attached hydrogens (tertiary/aromatic N) is 3. The van der Waals surface area contributed by atoms with Gasteiger partial charge in [-0.05, 0) is 49.6 Å². The van der Waals surface area contributed by atoms with Crippen LogP contribution in [0, 0.1) is 12.7 Å². The van der Waals surface area contributed by atoms with Gasteiger partial charge >= 0.3 is 0 Å². The van der Waals surface area contributed by atoms with E-state index in [9.17, 15) is 4.39 Å². The molecule has 0 unspecified atom stereocenters. The molecule has 4 rings (SSSR count). The van der Waals surface area contributed by atoms with Crippen molar-refractivity contribution in [3.63, 3.8) is 0 Å². The van der Waals surface area contributed by atoms with Crippen molar-refractivity contribution in [3.8, 4) is 0 Å². The molecule has 2 aromatic carbocycles. The average Bonchev–Trinajstić information content (AvgIpc) is 2.64. The molecule has 1 N–H and O–H groups in total. The molecule has 0 radical (unpaired) electrons. The van der Waals surface area contributed by atoms with E-state index >= 15 is 0 Å². The van der Waals surface area contributed by atoms with Crippen molar-refractivity contribution >= 4 is 34.7 Å². The summed E-state index contributed by atoms with van der Waals surface area (Å²) < 4.78 is 13.4. The van der Waals surface area contributed by atoms with E-state index in [1.54, 1.807) is 12.1 Å². The number of nitrogens with one attached hydrogen (secondary N) is 1. The van der Waals surface area contributed by atoms with Gasteiger partial charge < -0.3 is 10.2 Å². The maximum absolute atomic E-state index is 13.4. The zero-order valence-electron chi connectivity index (χ0n) is 14.3. The van der Waals surface area contributed by atoms with Crippen LogP contribution in [-0.4, -0.2) is 16.5 Å². The van der Waals surface area contributed by atoms with E-state index in [2.05, 4.69) is 38.4 Å². The molecule has 0 amide bonds.